The minimum absolute atomic E-state index is 0.0958. The second-order valence-electron chi connectivity index (χ2n) is 6.65. The first-order valence-corrected chi connectivity index (χ1v) is 11.3. The van der Waals surface area contributed by atoms with Crippen LogP contribution in [-0.2, 0) is 9.59 Å². The van der Waals surface area contributed by atoms with E-state index in [0.717, 1.165) is 43.7 Å². The number of azo groups is 1. The Balaban J connectivity index is 1.49. The van der Waals surface area contributed by atoms with Gasteiger partial charge in [0.25, 0.3) is 11.8 Å². The normalized spacial score (nSPS) is 14.3. The van der Waals surface area contributed by atoms with Crippen LogP contribution in [0.5, 0.6) is 0 Å². The fourth-order valence-electron chi connectivity index (χ4n) is 3.14. The number of anilines is 1. The average Bonchev–Trinajstić information content (AvgIpc) is 3.29. The third-order valence-electron chi connectivity index (χ3n) is 4.69. The largest absolute Gasteiger partial charge is 0.372 e. The molecule has 1 fully saturated rings. The van der Waals surface area contributed by atoms with Gasteiger partial charge in [-0.05, 0) is 56.3 Å². The molecule has 0 bridgehead atoms. The second-order valence-corrected chi connectivity index (χ2v) is 8.82. The van der Waals surface area contributed by atoms with Crippen molar-refractivity contribution in [1.29, 1.82) is 0 Å². The van der Waals surface area contributed by atoms with Crippen LogP contribution in [-0.4, -0.2) is 30.9 Å². The first-order chi connectivity index (χ1) is 15.0. The Morgan fingerprint density at radius 2 is 1.55 bits per heavy atom. The Bertz CT molecular complexity index is 1170. The van der Waals surface area contributed by atoms with Gasteiger partial charge in [-0.2, -0.15) is 0 Å². The summed E-state index contributed by atoms with van der Waals surface area (Å²) in [5.41, 5.74) is 1.84. The average molecular weight is 454 g/mol. The van der Waals surface area contributed by atoms with Crippen LogP contribution in [0.15, 0.2) is 52.2 Å². The molecule has 158 valence electrons. The molecule has 0 aliphatic carbocycles. The zero-order chi connectivity index (χ0) is 22.0. The number of nitrogens with one attached hydrogen (secondary N) is 2. The summed E-state index contributed by atoms with van der Waals surface area (Å²) in [5.74, 6) is -1.40. The molecule has 1 aliphatic rings. The van der Waals surface area contributed by atoms with Crippen molar-refractivity contribution >= 4 is 72.4 Å². The molecule has 1 saturated heterocycles. The predicted octanol–water partition coefficient (Wildman–Crippen LogP) is 4.97. The molecule has 3 aromatic rings. The van der Waals surface area contributed by atoms with Crippen LogP contribution in [0, 0.1) is 0 Å². The Hall–Kier alpha value is -3.37. The zero-order valence-electron chi connectivity index (χ0n) is 16.8. The predicted molar refractivity (Wildman–Crippen MR) is 124 cm³/mol. The van der Waals surface area contributed by atoms with E-state index < -0.39 is 17.8 Å². The standard InChI is InChI=1S/C21H19N5O3S2/c1-3-26(4-2)13-7-5-12(6-8-13)24-25-18-11-17-16(31-18)10-14(30-17)9-15-19(27)22-21(29)23-20(15)28/h5-11H,3-4H2,1-2H3,(H2,22,23,27,28,29). The number of thiophene rings is 2. The third-order valence-corrected chi connectivity index (χ3v) is 6.81. The van der Waals surface area contributed by atoms with E-state index in [2.05, 4.69) is 39.6 Å². The molecule has 1 aliphatic heterocycles. The van der Waals surface area contributed by atoms with Crippen molar-refractivity contribution in [3.63, 3.8) is 0 Å². The van der Waals surface area contributed by atoms with Crippen LogP contribution in [0.25, 0.3) is 15.5 Å². The number of fused-ring (bicyclic) bond motifs is 1. The Morgan fingerprint density at radius 3 is 2.16 bits per heavy atom. The van der Waals surface area contributed by atoms with Gasteiger partial charge in [0, 0.05) is 33.1 Å². The van der Waals surface area contributed by atoms with Gasteiger partial charge in [-0.1, -0.05) is 0 Å². The Labute approximate surface area is 186 Å². The molecule has 2 aromatic heterocycles. The van der Waals surface area contributed by atoms with Crippen molar-refractivity contribution < 1.29 is 14.4 Å². The minimum atomic E-state index is -0.808. The van der Waals surface area contributed by atoms with Crippen LogP contribution in [0.3, 0.4) is 0 Å². The summed E-state index contributed by atoms with van der Waals surface area (Å²) in [6, 6.07) is 11.0. The number of hydrogen-bond acceptors (Lipinski definition) is 8. The molecule has 2 N–H and O–H groups in total. The SMILES string of the molecule is CCN(CC)c1ccc(N=Nc2cc3sc(C=C4C(=O)NC(=O)NC4=O)cc3s2)cc1. The number of urea groups is 1. The maximum atomic E-state index is 11.9. The highest BCUT2D eigenvalue weighted by Crippen LogP contribution is 2.39. The summed E-state index contributed by atoms with van der Waals surface area (Å²) in [4.78, 5) is 37.9. The van der Waals surface area contributed by atoms with E-state index in [-0.39, 0.29) is 5.57 Å². The smallest absolute Gasteiger partial charge is 0.328 e. The van der Waals surface area contributed by atoms with Crippen molar-refractivity contribution in [2.75, 3.05) is 18.0 Å². The molecule has 10 heteroatoms. The highest BCUT2D eigenvalue weighted by molar-refractivity contribution is 7.30. The maximum Gasteiger partial charge on any atom is 0.328 e. The first kappa shape index (κ1) is 20.9. The number of benzene rings is 1. The van der Waals surface area contributed by atoms with Gasteiger partial charge >= 0.3 is 6.03 Å². The van der Waals surface area contributed by atoms with Gasteiger partial charge in [-0.15, -0.1) is 32.9 Å². The molecule has 31 heavy (non-hydrogen) atoms. The highest BCUT2D eigenvalue weighted by atomic mass is 32.1. The number of carbonyl (C=O) groups excluding carboxylic acids is 3. The lowest BCUT2D eigenvalue weighted by molar-refractivity contribution is -0.123. The number of carbonyl (C=O) groups is 3. The number of hydrogen-bond donors (Lipinski definition) is 2. The van der Waals surface area contributed by atoms with E-state index in [9.17, 15) is 14.4 Å². The van der Waals surface area contributed by atoms with Crippen molar-refractivity contribution in [1.82, 2.24) is 10.6 Å². The van der Waals surface area contributed by atoms with Crippen LogP contribution in [0.4, 0.5) is 21.2 Å². The van der Waals surface area contributed by atoms with Crippen molar-refractivity contribution in [3.8, 4) is 0 Å². The van der Waals surface area contributed by atoms with Gasteiger partial charge in [0.15, 0.2) is 0 Å². The fourth-order valence-corrected chi connectivity index (χ4v) is 5.30. The maximum absolute atomic E-state index is 11.9. The van der Waals surface area contributed by atoms with E-state index in [4.69, 9.17) is 0 Å². The quantitative estimate of drug-likeness (QED) is 0.312. The molecule has 0 unspecified atom stereocenters. The van der Waals surface area contributed by atoms with Crippen molar-refractivity contribution in [3.05, 3.63) is 46.8 Å². The molecule has 4 amide bonds. The van der Waals surface area contributed by atoms with Gasteiger partial charge in [0.1, 0.15) is 10.6 Å². The number of nitrogens with zero attached hydrogens (tertiary/aromatic N) is 3. The second kappa shape index (κ2) is 8.78. The van der Waals surface area contributed by atoms with Gasteiger partial charge in [0.2, 0.25) is 0 Å². The van der Waals surface area contributed by atoms with Crippen LogP contribution < -0.4 is 15.5 Å². The molecule has 4 rings (SSSR count). The van der Waals surface area contributed by atoms with Gasteiger partial charge in [0.05, 0.1) is 5.69 Å². The van der Waals surface area contributed by atoms with Crippen LogP contribution in [0.1, 0.15) is 18.7 Å². The minimum Gasteiger partial charge on any atom is -0.372 e. The summed E-state index contributed by atoms with van der Waals surface area (Å²) in [7, 11) is 0. The first-order valence-electron chi connectivity index (χ1n) is 9.65. The molecule has 0 spiro atoms. The van der Waals surface area contributed by atoms with E-state index in [1.54, 1.807) is 0 Å². The van der Waals surface area contributed by atoms with Crippen molar-refractivity contribution in [2.45, 2.75) is 13.8 Å². The summed E-state index contributed by atoms with van der Waals surface area (Å²) < 4.78 is 1.96. The number of barbiturate groups is 1. The number of amides is 4. The summed E-state index contributed by atoms with van der Waals surface area (Å²) >= 11 is 2.90. The number of imide groups is 2. The van der Waals surface area contributed by atoms with Crippen LogP contribution in [0.2, 0.25) is 0 Å². The lowest BCUT2D eigenvalue weighted by Gasteiger charge is -2.20. The Kier molecular flexibility index (Phi) is 5.92. The zero-order valence-corrected chi connectivity index (χ0v) is 18.5. The van der Waals surface area contributed by atoms with E-state index in [1.807, 2.05) is 36.4 Å². The Morgan fingerprint density at radius 1 is 0.903 bits per heavy atom. The van der Waals surface area contributed by atoms with Crippen LogP contribution >= 0.6 is 22.7 Å². The summed E-state index contributed by atoms with van der Waals surface area (Å²) in [6.45, 7) is 6.16. The lowest BCUT2D eigenvalue weighted by atomic mass is 10.2. The molecular formula is C21H19N5O3S2. The molecule has 0 radical (unpaired) electrons. The van der Waals surface area contributed by atoms with E-state index in [0.29, 0.717) is 0 Å². The molecular weight excluding hydrogens is 434 g/mol. The molecule has 3 heterocycles. The van der Waals surface area contributed by atoms with Gasteiger partial charge in [-0.3, -0.25) is 20.2 Å². The van der Waals surface area contributed by atoms with E-state index >= 15 is 0 Å². The highest BCUT2D eigenvalue weighted by Gasteiger charge is 2.27. The summed E-state index contributed by atoms with van der Waals surface area (Å²) in [6.07, 6.45) is 1.48. The molecule has 1 aromatic carbocycles. The summed E-state index contributed by atoms with van der Waals surface area (Å²) in [5, 5.41) is 13.6. The molecule has 0 saturated carbocycles. The lowest BCUT2D eigenvalue weighted by Crippen LogP contribution is -2.51. The van der Waals surface area contributed by atoms with Gasteiger partial charge in [-0.25, -0.2) is 4.79 Å². The molecule has 0 atom stereocenters. The monoisotopic (exact) mass is 453 g/mol. The number of rotatable bonds is 6. The topological polar surface area (TPSA) is 103 Å². The fraction of sp³-hybridized carbons (Fsp3) is 0.190. The third kappa shape index (κ3) is 4.54. The van der Waals surface area contributed by atoms with Gasteiger partial charge < -0.3 is 4.90 Å². The van der Waals surface area contributed by atoms with E-state index in [1.165, 1.54) is 28.7 Å². The van der Waals surface area contributed by atoms with Crippen molar-refractivity contribution in [2.24, 2.45) is 10.2 Å². The molecule has 8 nitrogen and oxygen atoms in total.